The number of sulfonamides is 1. The standard InChI is InChI=1S/C34H43F2N3O5S/c1-21(2)45(42,43)39-29(40)17-23-9-4-12-28(31(23)26-10-5-11-27(35)30(26)22-7-3-8-22)44-25-14-13-24(18-25)38-32(41)34(36)19-33(37-20-34)15-6-16-33/h4-5,9-12,21-22,24-25,37H,3,6-8,13-20H2,1-2H3,(H,38,41)(H,39,40)/t24-,25-,34+/m1/s1. The Morgan fingerprint density at radius 1 is 1.07 bits per heavy atom. The van der Waals surface area contributed by atoms with Crippen molar-refractivity contribution < 1.29 is 31.5 Å². The van der Waals surface area contributed by atoms with Crippen LogP contribution in [0.15, 0.2) is 36.4 Å². The number of carbonyl (C=O) groups excluding carboxylic acids is 2. The van der Waals surface area contributed by atoms with Gasteiger partial charge in [0, 0.05) is 36.5 Å². The Morgan fingerprint density at radius 3 is 2.47 bits per heavy atom. The minimum Gasteiger partial charge on any atom is -0.490 e. The lowest BCUT2D eigenvalue weighted by atomic mass is 9.74. The first kappa shape index (κ1) is 31.9. The second-order valence-electron chi connectivity index (χ2n) is 13.8. The van der Waals surface area contributed by atoms with Crippen LogP contribution in [-0.2, 0) is 26.0 Å². The molecule has 244 valence electrons. The average Bonchev–Trinajstić information content (AvgIpc) is 3.53. The van der Waals surface area contributed by atoms with Crippen molar-refractivity contribution in [2.45, 2.75) is 119 Å². The maximum atomic E-state index is 15.6. The zero-order valence-electron chi connectivity index (χ0n) is 26.0. The predicted molar refractivity (Wildman–Crippen MR) is 168 cm³/mol. The van der Waals surface area contributed by atoms with Crippen LogP contribution in [0.1, 0.15) is 95.1 Å². The van der Waals surface area contributed by atoms with E-state index >= 15 is 8.78 Å². The van der Waals surface area contributed by atoms with Crippen LogP contribution in [-0.4, -0.2) is 55.4 Å². The summed E-state index contributed by atoms with van der Waals surface area (Å²) in [7, 11) is -3.83. The van der Waals surface area contributed by atoms with E-state index in [1.807, 2.05) is 6.07 Å². The van der Waals surface area contributed by atoms with Gasteiger partial charge in [0.25, 0.3) is 5.91 Å². The number of hydrogen-bond donors (Lipinski definition) is 3. The normalized spacial score (nSPS) is 26.0. The van der Waals surface area contributed by atoms with Crippen LogP contribution in [0.3, 0.4) is 0 Å². The van der Waals surface area contributed by atoms with Gasteiger partial charge < -0.3 is 15.4 Å². The molecule has 3 atom stereocenters. The average molecular weight is 644 g/mol. The summed E-state index contributed by atoms with van der Waals surface area (Å²) in [4.78, 5) is 26.0. The Balaban J connectivity index is 1.23. The summed E-state index contributed by atoms with van der Waals surface area (Å²) in [6.45, 7) is 3.02. The molecule has 4 aliphatic rings. The number of carbonyl (C=O) groups is 2. The second kappa shape index (κ2) is 12.3. The molecule has 3 saturated carbocycles. The van der Waals surface area contributed by atoms with Gasteiger partial charge in [-0.2, -0.15) is 0 Å². The summed E-state index contributed by atoms with van der Waals surface area (Å²) in [5.41, 5.74) is 0.144. The van der Waals surface area contributed by atoms with E-state index in [1.165, 1.54) is 19.9 Å². The van der Waals surface area contributed by atoms with Gasteiger partial charge in [-0.25, -0.2) is 17.2 Å². The van der Waals surface area contributed by atoms with Gasteiger partial charge in [0.1, 0.15) is 17.7 Å². The zero-order chi connectivity index (χ0) is 32.0. The highest BCUT2D eigenvalue weighted by Gasteiger charge is 2.55. The molecular formula is C34H43F2N3O5S. The van der Waals surface area contributed by atoms with Crippen molar-refractivity contribution in [3.8, 4) is 16.9 Å². The zero-order valence-corrected chi connectivity index (χ0v) is 26.8. The molecule has 3 aliphatic carbocycles. The van der Waals surface area contributed by atoms with Crippen molar-refractivity contribution in [1.29, 1.82) is 0 Å². The van der Waals surface area contributed by atoms with Crippen molar-refractivity contribution >= 4 is 21.8 Å². The molecule has 11 heteroatoms. The molecule has 4 fully saturated rings. The van der Waals surface area contributed by atoms with Crippen LogP contribution in [0, 0.1) is 5.82 Å². The van der Waals surface area contributed by atoms with Gasteiger partial charge in [-0.1, -0.05) is 30.7 Å². The Bertz CT molecular complexity index is 1570. The number of hydrogen-bond acceptors (Lipinski definition) is 6. The molecule has 2 aromatic carbocycles. The van der Waals surface area contributed by atoms with Crippen LogP contribution >= 0.6 is 0 Å². The van der Waals surface area contributed by atoms with Crippen molar-refractivity contribution in [2.75, 3.05) is 6.54 Å². The van der Waals surface area contributed by atoms with Crippen molar-refractivity contribution in [1.82, 2.24) is 15.4 Å². The van der Waals surface area contributed by atoms with E-state index < -0.39 is 32.8 Å². The molecule has 1 aliphatic heterocycles. The highest BCUT2D eigenvalue weighted by atomic mass is 32.2. The summed E-state index contributed by atoms with van der Waals surface area (Å²) in [5, 5.41) is 5.39. The Labute approximate surface area is 264 Å². The molecule has 2 aromatic rings. The summed E-state index contributed by atoms with van der Waals surface area (Å²) < 4.78 is 64.5. The van der Waals surface area contributed by atoms with E-state index in [4.69, 9.17) is 4.74 Å². The van der Waals surface area contributed by atoms with Crippen molar-refractivity contribution in [2.24, 2.45) is 0 Å². The fourth-order valence-electron chi connectivity index (χ4n) is 7.26. The molecule has 0 aromatic heterocycles. The summed E-state index contributed by atoms with van der Waals surface area (Å²) >= 11 is 0. The monoisotopic (exact) mass is 643 g/mol. The first-order valence-corrected chi connectivity index (χ1v) is 17.8. The van der Waals surface area contributed by atoms with Crippen LogP contribution < -0.4 is 20.1 Å². The molecule has 0 bridgehead atoms. The van der Waals surface area contributed by atoms with Gasteiger partial charge in [-0.3, -0.25) is 14.3 Å². The van der Waals surface area contributed by atoms with Crippen LogP contribution in [0.5, 0.6) is 5.75 Å². The fraction of sp³-hybridized carbons (Fsp3) is 0.588. The third-order valence-corrected chi connectivity index (χ3v) is 12.0. The van der Waals surface area contributed by atoms with E-state index in [-0.39, 0.29) is 48.8 Å². The molecule has 2 amide bonds. The van der Waals surface area contributed by atoms with Gasteiger partial charge in [-0.15, -0.1) is 0 Å². The molecule has 1 heterocycles. The molecule has 6 rings (SSSR count). The molecule has 8 nitrogen and oxygen atoms in total. The first-order chi connectivity index (χ1) is 21.4. The number of amides is 2. The summed E-state index contributed by atoms with van der Waals surface area (Å²) in [6.07, 6.45) is 6.97. The fourth-order valence-corrected chi connectivity index (χ4v) is 7.88. The summed E-state index contributed by atoms with van der Waals surface area (Å²) in [6, 6.07) is 9.92. The Kier molecular flexibility index (Phi) is 8.71. The van der Waals surface area contributed by atoms with Crippen LogP contribution in [0.4, 0.5) is 8.78 Å². The van der Waals surface area contributed by atoms with Gasteiger partial charge >= 0.3 is 0 Å². The van der Waals surface area contributed by atoms with Crippen molar-refractivity contribution in [3.05, 3.63) is 53.3 Å². The number of alkyl halides is 1. The second-order valence-corrected chi connectivity index (χ2v) is 16.0. The lowest BCUT2D eigenvalue weighted by Gasteiger charge is -2.38. The third kappa shape index (κ3) is 6.48. The van der Waals surface area contributed by atoms with Crippen LogP contribution in [0.2, 0.25) is 0 Å². The van der Waals surface area contributed by atoms with Gasteiger partial charge in [0.2, 0.25) is 21.6 Å². The maximum Gasteiger partial charge on any atom is 0.259 e. The topological polar surface area (TPSA) is 114 Å². The molecule has 3 N–H and O–H groups in total. The number of benzene rings is 2. The van der Waals surface area contributed by atoms with E-state index in [0.29, 0.717) is 47.3 Å². The number of nitrogens with one attached hydrogen (secondary N) is 3. The minimum atomic E-state index is -3.83. The maximum absolute atomic E-state index is 15.6. The van der Waals surface area contributed by atoms with Gasteiger partial charge in [0.15, 0.2) is 0 Å². The van der Waals surface area contributed by atoms with Crippen molar-refractivity contribution in [3.63, 3.8) is 0 Å². The Hall–Kier alpha value is -3.05. The highest BCUT2D eigenvalue weighted by molar-refractivity contribution is 7.90. The molecule has 1 spiro atoms. The quantitative estimate of drug-likeness (QED) is 0.328. The lowest BCUT2D eigenvalue weighted by Crippen LogP contribution is -2.49. The summed E-state index contributed by atoms with van der Waals surface area (Å²) in [5.74, 6) is -1.07. The number of ether oxygens (including phenoxy) is 1. The third-order valence-electron chi connectivity index (χ3n) is 10.3. The largest absolute Gasteiger partial charge is 0.490 e. The number of halogens is 2. The lowest BCUT2D eigenvalue weighted by molar-refractivity contribution is -0.133. The molecule has 45 heavy (non-hydrogen) atoms. The molecule has 1 saturated heterocycles. The smallest absolute Gasteiger partial charge is 0.259 e. The predicted octanol–water partition coefficient (Wildman–Crippen LogP) is 5.20. The van der Waals surface area contributed by atoms with E-state index in [1.54, 1.807) is 24.3 Å². The molecule has 0 radical (unpaired) electrons. The van der Waals surface area contributed by atoms with Gasteiger partial charge in [0.05, 0.1) is 11.7 Å². The first-order valence-electron chi connectivity index (χ1n) is 16.2. The number of rotatable bonds is 10. The SMILES string of the molecule is CC(C)S(=O)(=O)NC(=O)Cc1cccc(O[C@@H]2CC[C@@H](NC(=O)[C@@]3(F)CNC4(CCC4)C3)C2)c1-c1cccc(F)c1C1CCC1. The minimum absolute atomic E-state index is 0.0324. The highest BCUT2D eigenvalue weighted by Crippen LogP contribution is 2.47. The van der Waals surface area contributed by atoms with E-state index in [9.17, 15) is 18.0 Å². The van der Waals surface area contributed by atoms with E-state index in [2.05, 4.69) is 15.4 Å². The van der Waals surface area contributed by atoms with Crippen LogP contribution in [0.25, 0.3) is 11.1 Å². The van der Waals surface area contributed by atoms with Gasteiger partial charge in [-0.05, 0) is 93.5 Å². The Morgan fingerprint density at radius 2 is 1.82 bits per heavy atom. The molecule has 0 unspecified atom stereocenters. The molecular weight excluding hydrogens is 600 g/mol. The van der Waals surface area contributed by atoms with E-state index in [0.717, 1.165) is 38.5 Å².